The van der Waals surface area contributed by atoms with Crippen LogP contribution in [0.15, 0.2) is 12.3 Å². The molecule has 0 radical (unpaired) electrons. The molecule has 17 heavy (non-hydrogen) atoms. The SMILES string of the molecule is CCC(CC)n1ccc(CSCC(O)CO)n1. The van der Waals surface area contributed by atoms with Gasteiger partial charge in [0.15, 0.2) is 0 Å². The Morgan fingerprint density at radius 3 is 2.71 bits per heavy atom. The number of aliphatic hydroxyl groups excluding tert-OH is 2. The lowest BCUT2D eigenvalue weighted by Crippen LogP contribution is -2.14. The first-order chi connectivity index (χ1) is 8.21. The number of hydrogen-bond acceptors (Lipinski definition) is 4. The van der Waals surface area contributed by atoms with E-state index in [1.807, 2.05) is 16.9 Å². The lowest BCUT2D eigenvalue weighted by atomic mass is 10.2. The minimum atomic E-state index is -0.624. The predicted molar refractivity (Wildman–Crippen MR) is 71.1 cm³/mol. The lowest BCUT2D eigenvalue weighted by molar-refractivity contribution is 0.113. The van der Waals surface area contributed by atoms with Gasteiger partial charge >= 0.3 is 0 Å². The molecule has 0 aliphatic heterocycles. The molecule has 5 heteroatoms. The first kappa shape index (κ1) is 14.5. The second-order valence-electron chi connectivity index (χ2n) is 4.11. The highest BCUT2D eigenvalue weighted by Gasteiger charge is 2.08. The van der Waals surface area contributed by atoms with E-state index in [0.717, 1.165) is 24.3 Å². The smallest absolute Gasteiger partial charge is 0.0861 e. The van der Waals surface area contributed by atoms with Crippen LogP contribution in [-0.4, -0.2) is 38.5 Å². The summed E-state index contributed by atoms with van der Waals surface area (Å²) in [5.74, 6) is 1.33. The number of aliphatic hydroxyl groups is 2. The highest BCUT2D eigenvalue weighted by molar-refractivity contribution is 7.98. The maximum Gasteiger partial charge on any atom is 0.0861 e. The molecule has 0 aliphatic rings. The number of rotatable bonds is 8. The number of thioether (sulfide) groups is 1. The van der Waals surface area contributed by atoms with Gasteiger partial charge in [0.25, 0.3) is 0 Å². The van der Waals surface area contributed by atoms with Gasteiger partial charge in [0.05, 0.1) is 24.4 Å². The number of hydrogen-bond donors (Lipinski definition) is 2. The molecule has 1 atom stereocenters. The lowest BCUT2D eigenvalue weighted by Gasteiger charge is -2.12. The molecule has 1 aromatic rings. The molecule has 0 aliphatic carbocycles. The molecular weight excluding hydrogens is 236 g/mol. The maximum atomic E-state index is 9.21. The molecule has 0 aromatic carbocycles. The summed E-state index contributed by atoms with van der Waals surface area (Å²) in [6.45, 7) is 4.17. The summed E-state index contributed by atoms with van der Waals surface area (Å²) in [4.78, 5) is 0. The minimum Gasteiger partial charge on any atom is -0.394 e. The topological polar surface area (TPSA) is 58.3 Å². The van der Waals surface area contributed by atoms with Gasteiger partial charge < -0.3 is 10.2 Å². The fraction of sp³-hybridized carbons (Fsp3) is 0.750. The van der Waals surface area contributed by atoms with E-state index in [1.54, 1.807) is 11.8 Å². The van der Waals surface area contributed by atoms with Gasteiger partial charge in [-0.3, -0.25) is 4.68 Å². The van der Waals surface area contributed by atoms with Crippen molar-refractivity contribution in [2.24, 2.45) is 0 Å². The Kier molecular flexibility index (Phi) is 6.62. The van der Waals surface area contributed by atoms with Crippen LogP contribution in [0.5, 0.6) is 0 Å². The molecule has 1 aromatic heterocycles. The van der Waals surface area contributed by atoms with E-state index in [1.165, 1.54) is 0 Å². The summed E-state index contributed by atoms with van der Waals surface area (Å²) in [5, 5.41) is 22.4. The van der Waals surface area contributed by atoms with E-state index >= 15 is 0 Å². The van der Waals surface area contributed by atoms with Crippen LogP contribution >= 0.6 is 11.8 Å². The fourth-order valence-corrected chi connectivity index (χ4v) is 2.53. The van der Waals surface area contributed by atoms with Gasteiger partial charge in [0, 0.05) is 17.7 Å². The Labute approximate surface area is 107 Å². The van der Waals surface area contributed by atoms with Crippen LogP contribution in [0.4, 0.5) is 0 Å². The van der Waals surface area contributed by atoms with Crippen LogP contribution in [0.25, 0.3) is 0 Å². The van der Waals surface area contributed by atoms with Gasteiger partial charge in [-0.15, -0.1) is 0 Å². The highest BCUT2D eigenvalue weighted by atomic mass is 32.2. The van der Waals surface area contributed by atoms with E-state index in [9.17, 15) is 5.11 Å². The standard InChI is InChI=1S/C12H22N2O2S/c1-3-11(4-2)14-6-5-10(13-14)8-17-9-12(16)7-15/h5-6,11-12,15-16H,3-4,7-9H2,1-2H3. The normalized spacial score (nSPS) is 13.2. The Balaban J connectivity index is 2.40. The van der Waals surface area contributed by atoms with Gasteiger partial charge in [-0.25, -0.2) is 0 Å². The van der Waals surface area contributed by atoms with Crippen LogP contribution < -0.4 is 0 Å². The van der Waals surface area contributed by atoms with Crippen LogP contribution in [0.3, 0.4) is 0 Å². The van der Waals surface area contributed by atoms with Gasteiger partial charge in [-0.1, -0.05) is 13.8 Å². The quantitative estimate of drug-likeness (QED) is 0.747. The molecule has 2 N–H and O–H groups in total. The molecule has 98 valence electrons. The third-order valence-electron chi connectivity index (χ3n) is 2.75. The van der Waals surface area contributed by atoms with Gasteiger partial charge in [0.2, 0.25) is 0 Å². The third-order valence-corrected chi connectivity index (χ3v) is 3.87. The maximum absolute atomic E-state index is 9.21. The third kappa shape index (κ3) is 4.69. The molecular formula is C12H22N2O2S. The van der Waals surface area contributed by atoms with E-state index in [0.29, 0.717) is 11.8 Å². The summed E-state index contributed by atoms with van der Waals surface area (Å²) in [5.41, 5.74) is 1.03. The largest absolute Gasteiger partial charge is 0.394 e. The first-order valence-electron chi connectivity index (χ1n) is 6.11. The van der Waals surface area contributed by atoms with E-state index in [-0.39, 0.29) is 6.61 Å². The van der Waals surface area contributed by atoms with Gasteiger partial charge in [-0.05, 0) is 18.9 Å². The van der Waals surface area contributed by atoms with Crippen LogP contribution in [-0.2, 0) is 5.75 Å². The van der Waals surface area contributed by atoms with Crippen LogP contribution in [0.1, 0.15) is 38.4 Å². The summed E-state index contributed by atoms with van der Waals surface area (Å²) in [6.07, 6.45) is 3.58. The summed E-state index contributed by atoms with van der Waals surface area (Å²) in [6, 6.07) is 2.51. The fourth-order valence-electron chi connectivity index (χ4n) is 1.67. The second-order valence-corrected chi connectivity index (χ2v) is 5.14. The Morgan fingerprint density at radius 1 is 1.41 bits per heavy atom. The van der Waals surface area contributed by atoms with E-state index in [4.69, 9.17) is 5.11 Å². The molecule has 0 amide bonds. The molecule has 0 saturated carbocycles. The van der Waals surface area contributed by atoms with E-state index in [2.05, 4.69) is 18.9 Å². The van der Waals surface area contributed by atoms with Crippen LogP contribution in [0, 0.1) is 0 Å². The molecule has 1 rings (SSSR count). The average molecular weight is 258 g/mol. The predicted octanol–water partition coefficient (Wildman–Crippen LogP) is 1.83. The van der Waals surface area contributed by atoms with Crippen molar-refractivity contribution in [1.29, 1.82) is 0 Å². The van der Waals surface area contributed by atoms with Crippen molar-refractivity contribution in [3.63, 3.8) is 0 Å². The van der Waals surface area contributed by atoms with Crippen molar-refractivity contribution in [2.75, 3.05) is 12.4 Å². The zero-order valence-corrected chi connectivity index (χ0v) is 11.4. The zero-order valence-electron chi connectivity index (χ0n) is 10.5. The molecule has 0 fully saturated rings. The molecule has 1 heterocycles. The summed E-state index contributed by atoms with van der Waals surface area (Å²) in [7, 11) is 0. The first-order valence-corrected chi connectivity index (χ1v) is 7.27. The average Bonchev–Trinajstić information content (AvgIpc) is 2.79. The molecule has 0 spiro atoms. The van der Waals surface area contributed by atoms with Crippen LogP contribution in [0.2, 0.25) is 0 Å². The van der Waals surface area contributed by atoms with Crippen molar-refractivity contribution in [1.82, 2.24) is 9.78 Å². The molecule has 1 unspecified atom stereocenters. The Hall–Kier alpha value is -0.520. The zero-order chi connectivity index (χ0) is 12.7. The van der Waals surface area contributed by atoms with Crippen molar-refractivity contribution < 1.29 is 10.2 Å². The number of aromatic nitrogens is 2. The molecule has 0 bridgehead atoms. The summed E-state index contributed by atoms with van der Waals surface area (Å²) >= 11 is 1.59. The monoisotopic (exact) mass is 258 g/mol. The Bertz CT molecular complexity index is 313. The number of nitrogens with zero attached hydrogens (tertiary/aromatic N) is 2. The molecule has 0 saturated heterocycles. The van der Waals surface area contributed by atoms with Crippen molar-refractivity contribution >= 4 is 11.8 Å². The van der Waals surface area contributed by atoms with Gasteiger partial charge in [-0.2, -0.15) is 16.9 Å². The van der Waals surface area contributed by atoms with Crippen molar-refractivity contribution in [3.05, 3.63) is 18.0 Å². The minimum absolute atomic E-state index is 0.171. The van der Waals surface area contributed by atoms with Crippen molar-refractivity contribution in [3.8, 4) is 0 Å². The highest BCUT2D eigenvalue weighted by Crippen LogP contribution is 2.17. The molecule has 4 nitrogen and oxygen atoms in total. The Morgan fingerprint density at radius 2 is 2.12 bits per heavy atom. The summed E-state index contributed by atoms with van der Waals surface area (Å²) < 4.78 is 2.03. The van der Waals surface area contributed by atoms with Gasteiger partial charge in [0.1, 0.15) is 0 Å². The second kappa shape index (κ2) is 7.74. The van der Waals surface area contributed by atoms with Crippen molar-refractivity contribution in [2.45, 2.75) is 44.6 Å². The van der Waals surface area contributed by atoms with E-state index < -0.39 is 6.10 Å².